The van der Waals surface area contributed by atoms with Crippen molar-refractivity contribution >= 4 is 5.97 Å². The second-order valence-corrected chi connectivity index (χ2v) is 7.93. The monoisotopic (exact) mass is 351 g/mol. The average molecular weight is 351 g/mol. The molecule has 0 amide bonds. The highest BCUT2D eigenvalue weighted by atomic mass is 16.5. The van der Waals surface area contributed by atoms with Crippen LogP contribution in [0.5, 0.6) is 0 Å². The third-order valence-corrected chi connectivity index (χ3v) is 5.54. The predicted molar refractivity (Wildman–Crippen MR) is 104 cm³/mol. The molecule has 0 radical (unpaired) electrons. The van der Waals surface area contributed by atoms with E-state index in [9.17, 15) is 4.79 Å². The third-order valence-electron chi connectivity index (χ3n) is 5.54. The molecular formula is C23H29NO2. The highest BCUT2D eigenvalue weighted by molar-refractivity contribution is 5.90. The van der Waals surface area contributed by atoms with E-state index in [-0.39, 0.29) is 12.1 Å². The van der Waals surface area contributed by atoms with Crippen molar-refractivity contribution in [1.82, 2.24) is 4.98 Å². The molecule has 3 nitrogen and oxygen atoms in total. The van der Waals surface area contributed by atoms with Crippen LogP contribution in [0, 0.1) is 17.8 Å². The van der Waals surface area contributed by atoms with Crippen molar-refractivity contribution in [1.29, 1.82) is 0 Å². The van der Waals surface area contributed by atoms with Gasteiger partial charge in [-0.25, -0.2) is 4.79 Å². The van der Waals surface area contributed by atoms with E-state index in [0.29, 0.717) is 29.7 Å². The van der Waals surface area contributed by atoms with Gasteiger partial charge in [-0.15, -0.1) is 0 Å². The van der Waals surface area contributed by atoms with Crippen LogP contribution >= 0.6 is 0 Å². The first-order chi connectivity index (χ1) is 12.5. The molecule has 3 rings (SSSR count). The molecule has 3 atom stereocenters. The number of hydrogen-bond donors (Lipinski definition) is 0. The Morgan fingerprint density at radius 3 is 2.65 bits per heavy atom. The van der Waals surface area contributed by atoms with E-state index in [1.807, 2.05) is 30.3 Å². The van der Waals surface area contributed by atoms with Crippen molar-refractivity contribution in [3.8, 4) is 0 Å². The first kappa shape index (κ1) is 18.6. The largest absolute Gasteiger partial charge is 0.458 e. The lowest BCUT2D eigenvalue weighted by Gasteiger charge is -2.36. The van der Waals surface area contributed by atoms with Crippen LogP contribution in [0.15, 0.2) is 48.7 Å². The van der Waals surface area contributed by atoms with E-state index < -0.39 is 0 Å². The zero-order chi connectivity index (χ0) is 18.5. The maximum Gasteiger partial charge on any atom is 0.340 e. The third kappa shape index (κ3) is 4.51. The molecular weight excluding hydrogens is 322 g/mol. The molecule has 0 aliphatic heterocycles. The molecule has 0 N–H and O–H groups in total. The second-order valence-electron chi connectivity index (χ2n) is 7.93. The number of benzene rings is 1. The fourth-order valence-corrected chi connectivity index (χ4v) is 4.01. The van der Waals surface area contributed by atoms with Crippen LogP contribution in [0.1, 0.15) is 61.6 Å². The van der Waals surface area contributed by atoms with Crippen molar-refractivity contribution in [3.05, 3.63) is 65.5 Å². The fourth-order valence-electron chi connectivity index (χ4n) is 4.01. The van der Waals surface area contributed by atoms with E-state index in [0.717, 1.165) is 24.1 Å². The Labute approximate surface area is 156 Å². The Morgan fingerprint density at radius 1 is 1.15 bits per heavy atom. The minimum absolute atomic E-state index is 0.0102. The van der Waals surface area contributed by atoms with E-state index in [1.54, 1.807) is 6.20 Å². The molecule has 1 aromatic heterocycles. The molecule has 3 unspecified atom stereocenters. The van der Waals surface area contributed by atoms with Gasteiger partial charge in [0.2, 0.25) is 0 Å². The number of carbonyl (C=O) groups is 1. The van der Waals surface area contributed by atoms with Gasteiger partial charge in [-0.05, 0) is 48.3 Å². The molecule has 1 aliphatic carbocycles. The number of esters is 1. The van der Waals surface area contributed by atoms with Gasteiger partial charge in [0.15, 0.2) is 0 Å². The first-order valence-corrected chi connectivity index (χ1v) is 9.73. The number of hydrogen-bond acceptors (Lipinski definition) is 3. The molecule has 1 saturated carbocycles. The zero-order valence-corrected chi connectivity index (χ0v) is 16.0. The molecule has 26 heavy (non-hydrogen) atoms. The molecule has 138 valence electrons. The molecule has 1 aromatic carbocycles. The molecule has 2 aromatic rings. The van der Waals surface area contributed by atoms with Gasteiger partial charge in [0.1, 0.15) is 6.10 Å². The number of aromatic nitrogens is 1. The van der Waals surface area contributed by atoms with E-state index in [2.05, 4.69) is 37.9 Å². The van der Waals surface area contributed by atoms with Crippen molar-refractivity contribution in [2.24, 2.45) is 17.8 Å². The summed E-state index contributed by atoms with van der Waals surface area (Å²) in [5, 5.41) is 0. The number of rotatable bonds is 5. The van der Waals surface area contributed by atoms with E-state index >= 15 is 0 Å². The van der Waals surface area contributed by atoms with Crippen LogP contribution in [0.3, 0.4) is 0 Å². The summed E-state index contributed by atoms with van der Waals surface area (Å²) in [6.45, 7) is 6.71. The summed E-state index contributed by atoms with van der Waals surface area (Å²) in [4.78, 5) is 17.4. The highest BCUT2D eigenvalue weighted by Gasteiger charge is 2.34. The number of pyridine rings is 1. The summed E-state index contributed by atoms with van der Waals surface area (Å²) in [5.74, 6) is 1.36. The van der Waals surface area contributed by atoms with Crippen LogP contribution in [-0.4, -0.2) is 17.1 Å². The van der Waals surface area contributed by atoms with Gasteiger partial charge >= 0.3 is 5.97 Å². The second kappa shape index (κ2) is 8.48. The molecule has 1 heterocycles. The van der Waals surface area contributed by atoms with Crippen LogP contribution in [0.25, 0.3) is 0 Å². The Morgan fingerprint density at radius 2 is 1.92 bits per heavy atom. The molecule has 1 fully saturated rings. The Balaban J connectivity index is 1.77. The van der Waals surface area contributed by atoms with Gasteiger partial charge in [0.25, 0.3) is 0 Å². The van der Waals surface area contributed by atoms with Gasteiger partial charge in [0.05, 0.1) is 11.3 Å². The van der Waals surface area contributed by atoms with Gasteiger partial charge in [0, 0.05) is 12.6 Å². The SMILES string of the molecule is CC1CCC(C(C)C)C(OC(=O)c2cccnc2Cc2ccccc2)C1. The Hall–Kier alpha value is -2.16. The fraction of sp³-hybridized carbons (Fsp3) is 0.478. The van der Waals surface area contributed by atoms with Gasteiger partial charge < -0.3 is 4.74 Å². The van der Waals surface area contributed by atoms with Crippen molar-refractivity contribution in [2.45, 2.75) is 52.6 Å². The van der Waals surface area contributed by atoms with Crippen LogP contribution in [-0.2, 0) is 11.2 Å². The molecule has 1 aliphatic rings. The minimum Gasteiger partial charge on any atom is -0.458 e. The Kier molecular flexibility index (Phi) is 6.08. The summed E-state index contributed by atoms with van der Waals surface area (Å²) < 4.78 is 6.02. The number of carbonyl (C=O) groups excluding carboxylic acids is 1. The lowest BCUT2D eigenvalue weighted by Crippen LogP contribution is -2.36. The maximum absolute atomic E-state index is 12.9. The van der Waals surface area contributed by atoms with Gasteiger partial charge in [-0.1, -0.05) is 57.5 Å². The van der Waals surface area contributed by atoms with Crippen LogP contribution in [0.2, 0.25) is 0 Å². The predicted octanol–water partition coefficient (Wildman–Crippen LogP) is 5.29. The molecule has 0 spiro atoms. The quantitative estimate of drug-likeness (QED) is 0.687. The van der Waals surface area contributed by atoms with E-state index in [1.165, 1.54) is 6.42 Å². The maximum atomic E-state index is 12.9. The summed E-state index contributed by atoms with van der Waals surface area (Å²) in [6, 6.07) is 13.8. The standard InChI is InChI=1S/C23H29NO2/c1-16(2)19-12-11-17(3)14-22(19)26-23(25)20-10-7-13-24-21(20)15-18-8-5-4-6-9-18/h4-10,13,16-17,19,22H,11-12,14-15H2,1-3H3. The summed E-state index contributed by atoms with van der Waals surface area (Å²) >= 11 is 0. The van der Waals surface area contributed by atoms with Crippen LogP contribution < -0.4 is 0 Å². The lowest BCUT2D eigenvalue weighted by atomic mass is 9.75. The number of nitrogens with zero attached hydrogens (tertiary/aromatic N) is 1. The summed E-state index contributed by atoms with van der Waals surface area (Å²) in [6.07, 6.45) is 5.72. The summed E-state index contributed by atoms with van der Waals surface area (Å²) in [7, 11) is 0. The lowest BCUT2D eigenvalue weighted by molar-refractivity contribution is -0.0175. The number of ether oxygens (including phenoxy) is 1. The average Bonchev–Trinajstić information content (AvgIpc) is 2.63. The Bertz CT molecular complexity index is 726. The minimum atomic E-state index is -0.228. The summed E-state index contributed by atoms with van der Waals surface area (Å²) in [5.41, 5.74) is 2.53. The van der Waals surface area contributed by atoms with Crippen molar-refractivity contribution in [3.63, 3.8) is 0 Å². The van der Waals surface area contributed by atoms with Crippen molar-refractivity contribution < 1.29 is 9.53 Å². The zero-order valence-electron chi connectivity index (χ0n) is 16.0. The molecule has 0 bridgehead atoms. The van der Waals surface area contributed by atoms with Gasteiger partial charge in [-0.2, -0.15) is 0 Å². The highest BCUT2D eigenvalue weighted by Crippen LogP contribution is 2.35. The topological polar surface area (TPSA) is 39.2 Å². The smallest absolute Gasteiger partial charge is 0.340 e. The van der Waals surface area contributed by atoms with Gasteiger partial charge in [-0.3, -0.25) is 4.98 Å². The van der Waals surface area contributed by atoms with Crippen LogP contribution in [0.4, 0.5) is 0 Å². The first-order valence-electron chi connectivity index (χ1n) is 9.73. The van der Waals surface area contributed by atoms with Crippen molar-refractivity contribution in [2.75, 3.05) is 0 Å². The normalized spacial score (nSPS) is 23.0. The van der Waals surface area contributed by atoms with E-state index in [4.69, 9.17) is 4.74 Å². The molecule has 0 saturated heterocycles. The molecule has 3 heteroatoms.